The molecule has 1 fully saturated rings. The predicted molar refractivity (Wildman–Crippen MR) is 73.3 cm³/mol. The molecule has 1 aromatic carbocycles. The Hall–Kier alpha value is -1.41. The Morgan fingerprint density at radius 3 is 3.00 bits per heavy atom. The average Bonchev–Trinajstić information content (AvgIpc) is 2.80. The third-order valence-electron chi connectivity index (χ3n) is 4.38. The van der Waals surface area contributed by atoms with Gasteiger partial charge in [-0.3, -0.25) is 4.98 Å². The van der Waals surface area contributed by atoms with Crippen LogP contribution in [0, 0.1) is 5.92 Å². The fraction of sp³-hybridized carbons (Fsp3) is 0.438. The summed E-state index contributed by atoms with van der Waals surface area (Å²) < 4.78 is 0. The minimum absolute atomic E-state index is 0.366. The molecule has 94 valence electrons. The molecule has 1 saturated carbocycles. The molecule has 3 rings (SSSR count). The molecule has 2 unspecified atom stereocenters. The Morgan fingerprint density at radius 2 is 2.17 bits per heavy atom. The molecule has 0 radical (unpaired) electrons. The first kappa shape index (κ1) is 11.7. The Morgan fingerprint density at radius 1 is 1.33 bits per heavy atom. The van der Waals surface area contributed by atoms with Gasteiger partial charge in [0.25, 0.3) is 0 Å². The summed E-state index contributed by atoms with van der Waals surface area (Å²) in [7, 11) is 0. The van der Waals surface area contributed by atoms with Crippen molar-refractivity contribution >= 4 is 10.9 Å². The van der Waals surface area contributed by atoms with E-state index in [2.05, 4.69) is 24.0 Å². The summed E-state index contributed by atoms with van der Waals surface area (Å²) in [6, 6.07) is 10.1. The third kappa shape index (κ3) is 1.64. The van der Waals surface area contributed by atoms with Crippen LogP contribution in [-0.2, 0) is 5.60 Å². The lowest BCUT2D eigenvalue weighted by atomic mass is 9.81. The van der Waals surface area contributed by atoms with E-state index in [1.165, 1.54) is 0 Å². The first-order valence-electron chi connectivity index (χ1n) is 6.82. The van der Waals surface area contributed by atoms with Gasteiger partial charge >= 0.3 is 0 Å². The molecule has 2 nitrogen and oxygen atoms in total. The number of nitrogens with zero attached hydrogens (tertiary/aromatic N) is 1. The van der Waals surface area contributed by atoms with Gasteiger partial charge < -0.3 is 5.11 Å². The van der Waals surface area contributed by atoms with Crippen LogP contribution in [0.4, 0.5) is 0 Å². The number of benzene rings is 1. The van der Waals surface area contributed by atoms with Crippen LogP contribution >= 0.6 is 0 Å². The Bertz CT molecular complexity index is 561. The monoisotopic (exact) mass is 241 g/mol. The standard InChI is InChI=1S/C16H19NO/c1-2-13-8-4-10-16(13,18)14-9-3-6-12-7-5-11-17-15(12)14/h3,5-7,9,11,13,18H,2,4,8,10H2,1H3. The van der Waals surface area contributed by atoms with Crippen LogP contribution < -0.4 is 0 Å². The van der Waals surface area contributed by atoms with Crippen LogP contribution in [0.5, 0.6) is 0 Å². The van der Waals surface area contributed by atoms with Crippen molar-refractivity contribution in [3.05, 3.63) is 42.1 Å². The second-order valence-corrected chi connectivity index (χ2v) is 5.30. The maximum atomic E-state index is 11.1. The third-order valence-corrected chi connectivity index (χ3v) is 4.38. The molecule has 0 saturated heterocycles. The van der Waals surface area contributed by atoms with Crippen LogP contribution in [0.2, 0.25) is 0 Å². The van der Waals surface area contributed by atoms with E-state index in [0.29, 0.717) is 5.92 Å². The highest BCUT2D eigenvalue weighted by molar-refractivity contribution is 5.82. The second kappa shape index (κ2) is 4.36. The van der Waals surface area contributed by atoms with E-state index in [1.807, 2.05) is 24.4 Å². The number of fused-ring (bicyclic) bond motifs is 1. The highest BCUT2D eigenvalue weighted by Crippen LogP contribution is 2.46. The molecule has 18 heavy (non-hydrogen) atoms. The van der Waals surface area contributed by atoms with E-state index in [9.17, 15) is 5.11 Å². The summed E-state index contributed by atoms with van der Waals surface area (Å²) in [5.41, 5.74) is 1.30. The number of hydrogen-bond acceptors (Lipinski definition) is 2. The van der Waals surface area contributed by atoms with Crippen molar-refractivity contribution in [3.63, 3.8) is 0 Å². The smallest absolute Gasteiger partial charge is 0.0945 e. The molecule has 2 heteroatoms. The van der Waals surface area contributed by atoms with Gasteiger partial charge in [0.1, 0.15) is 0 Å². The van der Waals surface area contributed by atoms with Gasteiger partial charge in [-0.2, -0.15) is 0 Å². The van der Waals surface area contributed by atoms with Crippen molar-refractivity contribution in [1.29, 1.82) is 0 Å². The van der Waals surface area contributed by atoms with Crippen molar-refractivity contribution in [2.45, 2.75) is 38.2 Å². The molecule has 2 aromatic rings. The summed E-state index contributed by atoms with van der Waals surface area (Å²) in [5, 5.41) is 12.2. The van der Waals surface area contributed by atoms with Gasteiger partial charge in [0, 0.05) is 17.1 Å². The van der Waals surface area contributed by atoms with E-state index in [0.717, 1.165) is 42.1 Å². The van der Waals surface area contributed by atoms with Gasteiger partial charge in [-0.1, -0.05) is 37.6 Å². The summed E-state index contributed by atoms with van der Waals surface area (Å²) in [5.74, 6) is 0.366. The van der Waals surface area contributed by atoms with Crippen molar-refractivity contribution in [2.75, 3.05) is 0 Å². The molecule has 0 spiro atoms. The molecule has 1 N–H and O–H groups in total. The molecular weight excluding hydrogens is 222 g/mol. The van der Waals surface area contributed by atoms with Gasteiger partial charge in [0.05, 0.1) is 11.1 Å². The largest absolute Gasteiger partial charge is 0.385 e. The quantitative estimate of drug-likeness (QED) is 0.871. The van der Waals surface area contributed by atoms with Crippen molar-refractivity contribution in [3.8, 4) is 0 Å². The zero-order valence-corrected chi connectivity index (χ0v) is 10.8. The van der Waals surface area contributed by atoms with Crippen LogP contribution in [0.1, 0.15) is 38.2 Å². The topological polar surface area (TPSA) is 33.1 Å². The lowest BCUT2D eigenvalue weighted by Crippen LogP contribution is -2.30. The first-order valence-corrected chi connectivity index (χ1v) is 6.82. The van der Waals surface area contributed by atoms with E-state index < -0.39 is 5.60 Å². The van der Waals surface area contributed by atoms with Gasteiger partial charge in [0.15, 0.2) is 0 Å². The molecular formula is C16H19NO. The number of aromatic nitrogens is 1. The number of rotatable bonds is 2. The average molecular weight is 241 g/mol. The normalized spacial score (nSPS) is 27.8. The fourth-order valence-electron chi connectivity index (χ4n) is 3.41. The zero-order valence-electron chi connectivity index (χ0n) is 10.8. The lowest BCUT2D eigenvalue weighted by molar-refractivity contribution is -0.00262. The molecule has 1 aliphatic carbocycles. The Kier molecular flexibility index (Phi) is 2.83. The summed E-state index contributed by atoms with van der Waals surface area (Å²) in [6.07, 6.45) is 5.93. The van der Waals surface area contributed by atoms with Gasteiger partial charge in [-0.15, -0.1) is 0 Å². The van der Waals surface area contributed by atoms with Crippen molar-refractivity contribution in [2.24, 2.45) is 5.92 Å². The Balaban J connectivity index is 2.19. The van der Waals surface area contributed by atoms with Gasteiger partial charge in [-0.25, -0.2) is 0 Å². The molecule has 1 heterocycles. The molecule has 1 aromatic heterocycles. The highest BCUT2D eigenvalue weighted by atomic mass is 16.3. The van der Waals surface area contributed by atoms with E-state index in [-0.39, 0.29) is 0 Å². The number of aliphatic hydroxyl groups is 1. The zero-order chi connectivity index (χ0) is 12.6. The summed E-state index contributed by atoms with van der Waals surface area (Å²) in [6.45, 7) is 2.17. The molecule has 0 bridgehead atoms. The maximum absolute atomic E-state index is 11.1. The highest BCUT2D eigenvalue weighted by Gasteiger charge is 2.42. The number of hydrogen-bond donors (Lipinski definition) is 1. The van der Waals surface area contributed by atoms with Crippen LogP contribution in [-0.4, -0.2) is 10.1 Å². The summed E-state index contributed by atoms with van der Waals surface area (Å²) in [4.78, 5) is 4.48. The molecule has 0 aliphatic heterocycles. The van der Waals surface area contributed by atoms with Gasteiger partial charge in [-0.05, 0) is 31.2 Å². The Labute approximate surface area is 108 Å². The minimum Gasteiger partial charge on any atom is -0.385 e. The second-order valence-electron chi connectivity index (χ2n) is 5.30. The fourth-order valence-corrected chi connectivity index (χ4v) is 3.41. The minimum atomic E-state index is -0.678. The van der Waals surface area contributed by atoms with Crippen LogP contribution in [0.3, 0.4) is 0 Å². The van der Waals surface area contributed by atoms with Crippen LogP contribution in [0.15, 0.2) is 36.5 Å². The van der Waals surface area contributed by atoms with E-state index in [4.69, 9.17) is 0 Å². The van der Waals surface area contributed by atoms with Gasteiger partial charge in [0.2, 0.25) is 0 Å². The van der Waals surface area contributed by atoms with Crippen LogP contribution in [0.25, 0.3) is 10.9 Å². The summed E-state index contributed by atoms with van der Waals surface area (Å²) >= 11 is 0. The van der Waals surface area contributed by atoms with Crippen molar-refractivity contribution < 1.29 is 5.11 Å². The van der Waals surface area contributed by atoms with E-state index in [1.54, 1.807) is 0 Å². The predicted octanol–water partition coefficient (Wildman–Crippen LogP) is 3.63. The lowest BCUT2D eigenvalue weighted by Gasteiger charge is -2.30. The van der Waals surface area contributed by atoms with E-state index >= 15 is 0 Å². The SMILES string of the molecule is CCC1CCCC1(O)c1cccc2cccnc12. The first-order chi connectivity index (χ1) is 8.75. The van der Waals surface area contributed by atoms with Crippen molar-refractivity contribution in [1.82, 2.24) is 4.98 Å². The maximum Gasteiger partial charge on any atom is 0.0945 e. The number of para-hydroxylation sites is 1. The number of pyridine rings is 1. The molecule has 2 atom stereocenters. The molecule has 1 aliphatic rings. The molecule has 0 amide bonds.